The van der Waals surface area contributed by atoms with E-state index in [1.165, 1.54) is 0 Å². The lowest BCUT2D eigenvalue weighted by Crippen LogP contribution is -2.45. The van der Waals surface area contributed by atoms with Gasteiger partial charge in [-0.1, -0.05) is 13.3 Å². The van der Waals surface area contributed by atoms with Gasteiger partial charge in [0.1, 0.15) is 0 Å². The number of carbonyl (C=O) groups is 2. The number of carbonyl (C=O) groups excluding carboxylic acids is 1. The summed E-state index contributed by atoms with van der Waals surface area (Å²) in [6.07, 6.45) is 2.43. The molecule has 1 saturated carbocycles. The highest BCUT2D eigenvalue weighted by atomic mass is 16.4. The number of hydrogen-bond donors (Lipinski definition) is 3. The topological polar surface area (TPSA) is 89.9 Å². The van der Waals surface area contributed by atoms with Crippen molar-refractivity contribution in [2.45, 2.75) is 44.8 Å². The van der Waals surface area contributed by atoms with Crippen molar-refractivity contribution in [3.8, 4) is 0 Å². The Bertz CT molecular complexity index is 279. The number of aliphatic hydroxyl groups excluding tert-OH is 1. The molecule has 0 heterocycles. The largest absolute Gasteiger partial charge is 0.479 e. The number of amides is 2. The average molecular weight is 244 g/mol. The molecular weight excluding hydrogens is 224 g/mol. The van der Waals surface area contributed by atoms with E-state index in [1.54, 1.807) is 4.90 Å². The Morgan fingerprint density at radius 2 is 2.12 bits per heavy atom. The van der Waals surface area contributed by atoms with Gasteiger partial charge in [-0.3, -0.25) is 0 Å². The first-order valence-corrected chi connectivity index (χ1v) is 6.01. The van der Waals surface area contributed by atoms with Crippen molar-refractivity contribution in [3.05, 3.63) is 0 Å². The Kier molecular flexibility index (Phi) is 5.21. The summed E-state index contributed by atoms with van der Waals surface area (Å²) in [6, 6.07) is 0.0183. The highest BCUT2D eigenvalue weighted by Crippen LogP contribution is 2.27. The molecule has 0 saturated heterocycles. The van der Waals surface area contributed by atoms with Crippen LogP contribution < -0.4 is 5.32 Å². The minimum Gasteiger partial charge on any atom is -0.479 e. The first-order chi connectivity index (χ1) is 8.06. The smallest absolute Gasteiger partial charge is 0.334 e. The molecule has 0 bridgehead atoms. The number of rotatable bonds is 7. The predicted molar refractivity (Wildman–Crippen MR) is 61.7 cm³/mol. The lowest BCUT2D eigenvalue weighted by Gasteiger charge is -2.23. The molecule has 0 spiro atoms. The Labute approximate surface area is 101 Å². The van der Waals surface area contributed by atoms with Gasteiger partial charge < -0.3 is 20.4 Å². The van der Waals surface area contributed by atoms with Crippen LogP contribution in [-0.2, 0) is 4.79 Å². The Morgan fingerprint density at radius 1 is 1.47 bits per heavy atom. The minimum atomic E-state index is -1.54. The quantitative estimate of drug-likeness (QED) is 0.605. The average Bonchev–Trinajstić information content (AvgIpc) is 3.10. The number of aliphatic carboxylic acids is 1. The molecule has 6 nitrogen and oxygen atoms in total. The van der Waals surface area contributed by atoms with Crippen molar-refractivity contribution in [2.24, 2.45) is 0 Å². The Balaban J connectivity index is 2.34. The van der Waals surface area contributed by atoms with Gasteiger partial charge in [-0.25, -0.2) is 9.59 Å². The summed E-state index contributed by atoms with van der Waals surface area (Å²) in [7, 11) is 0. The van der Waals surface area contributed by atoms with Crippen molar-refractivity contribution < 1.29 is 19.8 Å². The highest BCUT2D eigenvalue weighted by Gasteiger charge is 2.32. The normalized spacial score (nSPS) is 16.4. The van der Waals surface area contributed by atoms with Crippen molar-refractivity contribution in [1.29, 1.82) is 0 Å². The zero-order valence-electron chi connectivity index (χ0n) is 10.1. The first-order valence-electron chi connectivity index (χ1n) is 6.01. The van der Waals surface area contributed by atoms with Gasteiger partial charge in [0, 0.05) is 12.6 Å². The maximum absolute atomic E-state index is 11.8. The van der Waals surface area contributed by atoms with Crippen LogP contribution in [0.2, 0.25) is 0 Å². The van der Waals surface area contributed by atoms with E-state index < -0.39 is 12.1 Å². The molecule has 0 aromatic rings. The zero-order chi connectivity index (χ0) is 12.8. The van der Waals surface area contributed by atoms with Crippen LogP contribution in [0, 0.1) is 0 Å². The number of nitrogens with one attached hydrogen (secondary N) is 1. The molecule has 1 unspecified atom stereocenters. The second kappa shape index (κ2) is 6.44. The fourth-order valence-corrected chi connectivity index (χ4v) is 1.54. The number of unbranched alkanes of at least 4 members (excludes halogenated alkanes) is 1. The SMILES string of the molecule is CCCCN(C(=O)NCC(O)C(=O)O)C1CC1. The van der Waals surface area contributed by atoms with E-state index in [1.807, 2.05) is 0 Å². The second-order valence-electron chi connectivity index (χ2n) is 4.32. The molecule has 17 heavy (non-hydrogen) atoms. The minimum absolute atomic E-state index is 0.247. The molecule has 0 aromatic heterocycles. The fourth-order valence-electron chi connectivity index (χ4n) is 1.54. The molecular formula is C11H20N2O4. The fraction of sp³-hybridized carbons (Fsp3) is 0.818. The van der Waals surface area contributed by atoms with E-state index in [2.05, 4.69) is 12.2 Å². The van der Waals surface area contributed by atoms with Crippen LogP contribution in [0.4, 0.5) is 4.79 Å². The number of urea groups is 1. The molecule has 1 aliphatic carbocycles. The van der Waals surface area contributed by atoms with E-state index in [4.69, 9.17) is 10.2 Å². The third kappa shape index (κ3) is 4.60. The van der Waals surface area contributed by atoms with Crippen LogP contribution in [-0.4, -0.2) is 52.3 Å². The van der Waals surface area contributed by atoms with Crippen molar-refractivity contribution in [3.63, 3.8) is 0 Å². The van der Waals surface area contributed by atoms with Crippen LogP contribution in [0.3, 0.4) is 0 Å². The summed E-state index contributed by atoms with van der Waals surface area (Å²) in [4.78, 5) is 23.9. The predicted octanol–water partition coefficient (Wildman–Crippen LogP) is 0.406. The third-order valence-corrected chi connectivity index (χ3v) is 2.73. The van der Waals surface area contributed by atoms with E-state index >= 15 is 0 Å². The summed E-state index contributed by atoms with van der Waals surface area (Å²) in [5.41, 5.74) is 0. The highest BCUT2D eigenvalue weighted by molar-refractivity contribution is 5.77. The maximum atomic E-state index is 11.8. The first kappa shape index (κ1) is 13.8. The molecule has 1 fully saturated rings. The van der Waals surface area contributed by atoms with E-state index in [9.17, 15) is 9.59 Å². The summed E-state index contributed by atoms with van der Waals surface area (Å²) in [5.74, 6) is -1.32. The van der Waals surface area contributed by atoms with Gasteiger partial charge in [0.25, 0.3) is 0 Å². The summed E-state index contributed by atoms with van der Waals surface area (Å²) >= 11 is 0. The van der Waals surface area contributed by atoms with Crippen LogP contribution in [0.15, 0.2) is 0 Å². The third-order valence-electron chi connectivity index (χ3n) is 2.73. The van der Waals surface area contributed by atoms with E-state index in [0.29, 0.717) is 12.6 Å². The molecule has 0 aliphatic heterocycles. The molecule has 3 N–H and O–H groups in total. The van der Waals surface area contributed by atoms with Gasteiger partial charge in [0.2, 0.25) is 0 Å². The maximum Gasteiger partial charge on any atom is 0.334 e. The molecule has 1 atom stereocenters. The molecule has 98 valence electrons. The van der Waals surface area contributed by atoms with Crippen molar-refractivity contribution in [2.75, 3.05) is 13.1 Å². The Morgan fingerprint density at radius 3 is 2.59 bits per heavy atom. The van der Waals surface area contributed by atoms with E-state index in [-0.39, 0.29) is 12.6 Å². The number of carboxylic acid groups (broad SMARTS) is 1. The number of aliphatic hydroxyl groups is 1. The molecule has 2 amide bonds. The van der Waals surface area contributed by atoms with Gasteiger partial charge in [-0.15, -0.1) is 0 Å². The van der Waals surface area contributed by atoms with Crippen LogP contribution in [0.1, 0.15) is 32.6 Å². The van der Waals surface area contributed by atoms with E-state index in [0.717, 1.165) is 25.7 Å². The number of carboxylic acids is 1. The molecule has 1 rings (SSSR count). The lowest BCUT2D eigenvalue weighted by molar-refractivity contribution is -0.146. The molecule has 0 aromatic carbocycles. The van der Waals surface area contributed by atoms with Gasteiger partial charge >= 0.3 is 12.0 Å². The van der Waals surface area contributed by atoms with Gasteiger partial charge in [-0.2, -0.15) is 0 Å². The number of nitrogens with zero attached hydrogens (tertiary/aromatic N) is 1. The summed E-state index contributed by atoms with van der Waals surface area (Å²) < 4.78 is 0. The standard InChI is InChI=1S/C11H20N2O4/c1-2-3-6-13(8-4-5-8)11(17)12-7-9(14)10(15)16/h8-9,14H,2-7H2,1H3,(H,12,17)(H,15,16). The van der Waals surface area contributed by atoms with Gasteiger partial charge in [0.15, 0.2) is 6.10 Å². The van der Waals surface area contributed by atoms with Crippen LogP contribution in [0.5, 0.6) is 0 Å². The molecule has 1 aliphatic rings. The summed E-state index contributed by atoms with van der Waals surface area (Å²) in [6.45, 7) is 2.50. The molecule has 6 heteroatoms. The Hall–Kier alpha value is -1.30. The van der Waals surface area contributed by atoms with Crippen LogP contribution in [0.25, 0.3) is 0 Å². The van der Waals surface area contributed by atoms with Crippen LogP contribution >= 0.6 is 0 Å². The summed E-state index contributed by atoms with van der Waals surface area (Å²) in [5, 5.41) is 20.0. The zero-order valence-corrected chi connectivity index (χ0v) is 10.1. The van der Waals surface area contributed by atoms with Gasteiger partial charge in [-0.05, 0) is 19.3 Å². The molecule has 0 radical (unpaired) electrons. The van der Waals surface area contributed by atoms with Gasteiger partial charge in [0.05, 0.1) is 6.54 Å². The van der Waals surface area contributed by atoms with Crippen molar-refractivity contribution >= 4 is 12.0 Å². The monoisotopic (exact) mass is 244 g/mol. The second-order valence-corrected chi connectivity index (χ2v) is 4.32. The van der Waals surface area contributed by atoms with Crippen molar-refractivity contribution in [1.82, 2.24) is 10.2 Å². The lowest BCUT2D eigenvalue weighted by atomic mass is 10.3. The number of hydrogen-bond acceptors (Lipinski definition) is 3.